The summed E-state index contributed by atoms with van der Waals surface area (Å²) in [6.07, 6.45) is 3.75. The maximum Gasteiger partial charge on any atom is 0.254 e. The van der Waals surface area contributed by atoms with E-state index in [2.05, 4.69) is 31.2 Å². The highest BCUT2D eigenvalue weighted by Crippen LogP contribution is 2.52. The van der Waals surface area contributed by atoms with Gasteiger partial charge in [-0.3, -0.25) is 14.9 Å². The first-order chi connectivity index (χ1) is 13.0. The van der Waals surface area contributed by atoms with Crippen LogP contribution < -0.4 is 5.32 Å². The zero-order valence-corrected chi connectivity index (χ0v) is 16.1. The minimum atomic E-state index is -0.293. The van der Waals surface area contributed by atoms with Crippen LogP contribution >= 0.6 is 15.9 Å². The van der Waals surface area contributed by atoms with Crippen molar-refractivity contribution in [2.45, 2.75) is 31.5 Å². The summed E-state index contributed by atoms with van der Waals surface area (Å²) in [4.78, 5) is 35.5. The molecule has 138 valence electrons. The molecule has 7 nitrogen and oxygen atoms in total. The van der Waals surface area contributed by atoms with E-state index in [0.717, 1.165) is 34.1 Å². The van der Waals surface area contributed by atoms with Crippen LogP contribution in [0.4, 0.5) is 5.95 Å². The van der Waals surface area contributed by atoms with Crippen molar-refractivity contribution in [3.8, 4) is 0 Å². The molecule has 3 aliphatic rings. The molecule has 1 aliphatic carbocycles. The molecular weight excluding hydrogens is 412 g/mol. The molecule has 0 saturated heterocycles. The highest BCUT2D eigenvalue weighted by molar-refractivity contribution is 9.10. The van der Waals surface area contributed by atoms with E-state index in [4.69, 9.17) is 4.74 Å². The van der Waals surface area contributed by atoms with Crippen LogP contribution in [0.2, 0.25) is 0 Å². The minimum absolute atomic E-state index is 0.00525. The van der Waals surface area contributed by atoms with Crippen LogP contribution in [-0.2, 0) is 28.2 Å². The molecule has 1 N–H and O–H groups in total. The average Bonchev–Trinajstić information content (AvgIpc) is 3.26. The van der Waals surface area contributed by atoms with Crippen molar-refractivity contribution in [2.75, 3.05) is 18.4 Å². The molecule has 1 aromatic carbocycles. The molecule has 0 radical (unpaired) electrons. The lowest BCUT2D eigenvalue weighted by molar-refractivity contribution is -0.117. The Labute approximate surface area is 164 Å². The van der Waals surface area contributed by atoms with Gasteiger partial charge in [0.25, 0.3) is 5.91 Å². The van der Waals surface area contributed by atoms with Crippen LogP contribution in [0, 0.1) is 0 Å². The number of rotatable bonds is 3. The number of ether oxygens (including phenoxy) is 1. The first-order valence-electron chi connectivity index (χ1n) is 8.86. The number of halogens is 1. The van der Waals surface area contributed by atoms with E-state index in [1.54, 1.807) is 11.1 Å². The molecule has 2 aliphatic heterocycles. The predicted octanol–water partition coefficient (Wildman–Crippen LogP) is 2.40. The molecule has 5 rings (SSSR count). The highest BCUT2D eigenvalue weighted by Gasteiger charge is 2.51. The van der Waals surface area contributed by atoms with Gasteiger partial charge in [-0.15, -0.1) is 0 Å². The number of carbonyl (C=O) groups is 2. The molecule has 2 aromatic rings. The van der Waals surface area contributed by atoms with Gasteiger partial charge in [-0.1, -0.05) is 15.9 Å². The molecule has 2 amide bonds. The fourth-order valence-electron chi connectivity index (χ4n) is 3.88. The van der Waals surface area contributed by atoms with E-state index in [1.807, 2.05) is 18.2 Å². The number of hydrogen-bond donors (Lipinski definition) is 1. The van der Waals surface area contributed by atoms with Crippen LogP contribution in [0.25, 0.3) is 0 Å². The van der Waals surface area contributed by atoms with E-state index in [0.29, 0.717) is 25.3 Å². The van der Waals surface area contributed by atoms with Gasteiger partial charge in [0.2, 0.25) is 11.9 Å². The molecule has 27 heavy (non-hydrogen) atoms. The fraction of sp³-hybridized carbons (Fsp3) is 0.368. The third kappa shape index (κ3) is 2.93. The van der Waals surface area contributed by atoms with Gasteiger partial charge in [-0.2, -0.15) is 0 Å². The molecule has 3 heterocycles. The fourth-order valence-corrected chi connectivity index (χ4v) is 4.24. The first kappa shape index (κ1) is 16.8. The summed E-state index contributed by atoms with van der Waals surface area (Å²) in [5.74, 6) is -0.147. The van der Waals surface area contributed by atoms with Gasteiger partial charge < -0.3 is 9.64 Å². The maximum absolute atomic E-state index is 12.9. The zero-order chi connectivity index (χ0) is 18.6. The third-order valence-corrected chi connectivity index (χ3v) is 5.95. The topological polar surface area (TPSA) is 84.4 Å². The van der Waals surface area contributed by atoms with Crippen LogP contribution in [0.3, 0.4) is 0 Å². The summed E-state index contributed by atoms with van der Waals surface area (Å²) in [6.45, 7) is 1.50. The maximum atomic E-state index is 12.9. The van der Waals surface area contributed by atoms with Gasteiger partial charge in [0, 0.05) is 33.8 Å². The van der Waals surface area contributed by atoms with Gasteiger partial charge in [0.15, 0.2) is 0 Å². The number of amides is 2. The van der Waals surface area contributed by atoms with Crippen molar-refractivity contribution >= 4 is 33.7 Å². The van der Waals surface area contributed by atoms with Gasteiger partial charge in [-0.25, -0.2) is 9.97 Å². The van der Waals surface area contributed by atoms with E-state index >= 15 is 0 Å². The Hall–Kier alpha value is -2.32. The number of nitrogens with zero attached hydrogens (tertiary/aromatic N) is 3. The van der Waals surface area contributed by atoms with Crippen molar-refractivity contribution in [1.29, 1.82) is 0 Å². The van der Waals surface area contributed by atoms with Gasteiger partial charge in [0.1, 0.15) is 6.54 Å². The first-order valence-corrected chi connectivity index (χ1v) is 9.65. The molecular formula is C19H17BrN4O3. The molecule has 0 unspecified atom stereocenters. The summed E-state index contributed by atoms with van der Waals surface area (Å²) in [5, 5.41) is 2.70. The molecule has 1 saturated carbocycles. The van der Waals surface area contributed by atoms with Crippen LogP contribution in [0.1, 0.15) is 40.0 Å². The lowest BCUT2D eigenvalue weighted by atomic mass is 9.86. The van der Waals surface area contributed by atoms with Crippen molar-refractivity contribution in [2.24, 2.45) is 0 Å². The van der Waals surface area contributed by atoms with Crippen molar-refractivity contribution < 1.29 is 14.3 Å². The number of fused-ring (bicyclic) bond motifs is 3. The number of benzene rings is 1. The Morgan fingerprint density at radius 2 is 2.19 bits per heavy atom. The number of hydrogen-bond acceptors (Lipinski definition) is 5. The van der Waals surface area contributed by atoms with Crippen molar-refractivity contribution in [1.82, 2.24) is 14.9 Å². The summed E-state index contributed by atoms with van der Waals surface area (Å²) in [7, 11) is 0. The lowest BCUT2D eigenvalue weighted by Crippen LogP contribution is -2.46. The van der Waals surface area contributed by atoms with E-state index in [9.17, 15) is 9.59 Å². The second-order valence-electron chi connectivity index (χ2n) is 7.34. The number of anilines is 1. The Morgan fingerprint density at radius 3 is 3.00 bits per heavy atom. The number of nitrogens with one attached hydrogen (secondary N) is 1. The van der Waals surface area contributed by atoms with Crippen molar-refractivity contribution in [3.63, 3.8) is 0 Å². The summed E-state index contributed by atoms with van der Waals surface area (Å²) >= 11 is 3.49. The quantitative estimate of drug-likeness (QED) is 0.810. The Bertz CT molecular complexity index is 973. The monoisotopic (exact) mass is 428 g/mol. The van der Waals surface area contributed by atoms with Crippen LogP contribution in [-0.4, -0.2) is 39.8 Å². The second-order valence-corrected chi connectivity index (χ2v) is 8.25. The Balaban J connectivity index is 1.33. The molecule has 8 heteroatoms. The molecule has 1 fully saturated rings. The van der Waals surface area contributed by atoms with Crippen LogP contribution in [0.5, 0.6) is 0 Å². The van der Waals surface area contributed by atoms with E-state index in [1.165, 1.54) is 0 Å². The SMILES string of the molecule is O=C(CN1CC2(CC2)c2cc(Br)ccc2C1=O)Nc1ncc2c(n1)COC2. The summed E-state index contributed by atoms with van der Waals surface area (Å²) in [5.41, 5.74) is 3.53. The summed E-state index contributed by atoms with van der Waals surface area (Å²) < 4.78 is 6.29. The molecule has 0 bridgehead atoms. The van der Waals surface area contributed by atoms with Gasteiger partial charge >= 0.3 is 0 Å². The predicted molar refractivity (Wildman–Crippen MR) is 100 cm³/mol. The van der Waals surface area contributed by atoms with Crippen LogP contribution in [0.15, 0.2) is 28.9 Å². The van der Waals surface area contributed by atoms with E-state index in [-0.39, 0.29) is 29.7 Å². The number of aromatic nitrogens is 2. The minimum Gasteiger partial charge on any atom is -0.370 e. The highest BCUT2D eigenvalue weighted by atomic mass is 79.9. The molecule has 1 spiro atoms. The van der Waals surface area contributed by atoms with E-state index < -0.39 is 0 Å². The Morgan fingerprint density at radius 1 is 1.33 bits per heavy atom. The zero-order valence-electron chi connectivity index (χ0n) is 14.5. The van der Waals surface area contributed by atoms with Crippen molar-refractivity contribution in [3.05, 3.63) is 51.3 Å². The molecule has 0 atom stereocenters. The third-order valence-electron chi connectivity index (χ3n) is 5.45. The standard InChI is InChI=1S/C19H17BrN4O3/c20-12-1-2-13-14(5-12)19(3-4-19)10-24(17(13)26)7-16(25)23-18-21-6-11-8-27-9-15(11)22-18/h1-2,5-6H,3-4,7-10H2,(H,21,22,23,25). The lowest BCUT2D eigenvalue weighted by Gasteiger charge is -2.34. The summed E-state index contributed by atoms with van der Waals surface area (Å²) in [6, 6.07) is 5.75. The Kier molecular flexibility index (Phi) is 3.80. The largest absolute Gasteiger partial charge is 0.370 e. The normalized spacial score (nSPS) is 19.0. The van der Waals surface area contributed by atoms with Gasteiger partial charge in [-0.05, 0) is 36.6 Å². The average molecular weight is 429 g/mol. The smallest absolute Gasteiger partial charge is 0.254 e. The molecule has 1 aromatic heterocycles. The number of carbonyl (C=O) groups excluding carboxylic acids is 2. The van der Waals surface area contributed by atoms with Gasteiger partial charge in [0.05, 0.1) is 18.9 Å². The second kappa shape index (κ2) is 6.10.